The maximum absolute atomic E-state index is 12.1. The third-order valence-electron chi connectivity index (χ3n) is 4.08. The second-order valence-corrected chi connectivity index (χ2v) is 5.60. The van der Waals surface area contributed by atoms with Crippen LogP contribution in [-0.4, -0.2) is 25.5 Å². The van der Waals surface area contributed by atoms with Gasteiger partial charge >= 0.3 is 5.97 Å². The molecule has 0 spiro atoms. The average Bonchev–Trinajstić information content (AvgIpc) is 2.97. The summed E-state index contributed by atoms with van der Waals surface area (Å²) in [5.41, 5.74) is 9.32. The molecule has 2 N–H and O–H groups in total. The molecular weight excluding hydrogens is 292 g/mol. The molecule has 2 aromatic rings. The van der Waals surface area contributed by atoms with Crippen molar-refractivity contribution >= 4 is 23.3 Å². The average molecular weight is 310 g/mol. The Bertz CT molecular complexity index is 723. The van der Waals surface area contributed by atoms with Crippen LogP contribution in [0, 0.1) is 5.92 Å². The number of nitrogens with two attached hydrogens (primary N) is 1. The van der Waals surface area contributed by atoms with E-state index in [4.69, 9.17) is 10.5 Å². The van der Waals surface area contributed by atoms with E-state index in [0.717, 1.165) is 22.5 Å². The van der Waals surface area contributed by atoms with E-state index in [2.05, 4.69) is 0 Å². The van der Waals surface area contributed by atoms with Gasteiger partial charge in [0.2, 0.25) is 5.91 Å². The number of hydrogen-bond donors (Lipinski definition) is 1. The van der Waals surface area contributed by atoms with E-state index in [9.17, 15) is 9.59 Å². The first-order chi connectivity index (χ1) is 11.1. The number of carbonyl (C=O) groups is 2. The number of benzene rings is 2. The highest BCUT2D eigenvalue weighted by Crippen LogP contribution is 2.28. The molecule has 5 nitrogen and oxygen atoms in total. The summed E-state index contributed by atoms with van der Waals surface area (Å²) in [6, 6.07) is 15.3. The quantitative estimate of drug-likeness (QED) is 0.698. The molecule has 2 aromatic carbocycles. The van der Waals surface area contributed by atoms with Crippen molar-refractivity contribution in [2.45, 2.75) is 6.42 Å². The van der Waals surface area contributed by atoms with Gasteiger partial charge in [0.25, 0.3) is 0 Å². The van der Waals surface area contributed by atoms with E-state index in [1.807, 2.05) is 48.5 Å². The number of esters is 1. The summed E-state index contributed by atoms with van der Waals surface area (Å²) in [7, 11) is 1.34. The van der Waals surface area contributed by atoms with Gasteiger partial charge in [-0.1, -0.05) is 24.3 Å². The van der Waals surface area contributed by atoms with Crippen molar-refractivity contribution in [3.63, 3.8) is 0 Å². The monoisotopic (exact) mass is 310 g/mol. The molecule has 1 amide bonds. The number of nitrogens with zero attached hydrogens (tertiary/aromatic N) is 1. The number of nitrogen functional groups attached to an aromatic ring is 1. The number of anilines is 2. The van der Waals surface area contributed by atoms with Crippen LogP contribution < -0.4 is 10.6 Å². The Hall–Kier alpha value is -2.82. The molecule has 0 aromatic heterocycles. The molecule has 0 radical (unpaired) electrons. The number of hydrogen-bond acceptors (Lipinski definition) is 4. The summed E-state index contributed by atoms with van der Waals surface area (Å²) in [6.07, 6.45) is 0.201. The minimum Gasteiger partial charge on any atom is -0.469 e. The van der Waals surface area contributed by atoms with Gasteiger partial charge < -0.3 is 15.4 Å². The fourth-order valence-corrected chi connectivity index (χ4v) is 2.79. The largest absolute Gasteiger partial charge is 0.469 e. The zero-order valence-electron chi connectivity index (χ0n) is 12.9. The van der Waals surface area contributed by atoms with Crippen molar-refractivity contribution in [1.29, 1.82) is 0 Å². The summed E-state index contributed by atoms with van der Waals surface area (Å²) in [4.78, 5) is 25.3. The molecule has 1 aliphatic rings. The van der Waals surface area contributed by atoms with Crippen LogP contribution in [0.2, 0.25) is 0 Å². The lowest BCUT2D eigenvalue weighted by Crippen LogP contribution is -2.26. The Morgan fingerprint density at radius 1 is 1.09 bits per heavy atom. The minimum absolute atomic E-state index is 0.0550. The predicted molar refractivity (Wildman–Crippen MR) is 88.8 cm³/mol. The van der Waals surface area contributed by atoms with Crippen LogP contribution in [0.5, 0.6) is 0 Å². The summed E-state index contributed by atoms with van der Waals surface area (Å²) in [6.45, 7) is 0.368. The number of carbonyl (C=O) groups excluding carboxylic acids is 2. The zero-order chi connectivity index (χ0) is 16.4. The molecule has 0 saturated carbocycles. The second kappa shape index (κ2) is 6.12. The first-order valence-electron chi connectivity index (χ1n) is 7.42. The SMILES string of the molecule is COC(=O)C1CC(=O)N(c2ccc(-c3ccc(N)cc3)cc2)C1. The third kappa shape index (κ3) is 3.04. The van der Waals surface area contributed by atoms with Crippen molar-refractivity contribution in [3.8, 4) is 11.1 Å². The summed E-state index contributed by atoms with van der Waals surface area (Å²) in [5, 5.41) is 0. The van der Waals surface area contributed by atoms with Crippen LogP contribution in [0.15, 0.2) is 48.5 Å². The molecule has 1 saturated heterocycles. The highest BCUT2D eigenvalue weighted by Gasteiger charge is 2.35. The maximum atomic E-state index is 12.1. The lowest BCUT2D eigenvalue weighted by molar-refractivity contribution is -0.145. The van der Waals surface area contributed by atoms with Gasteiger partial charge in [-0.15, -0.1) is 0 Å². The van der Waals surface area contributed by atoms with Gasteiger partial charge in [0.05, 0.1) is 13.0 Å². The summed E-state index contributed by atoms with van der Waals surface area (Å²) >= 11 is 0. The molecule has 0 bridgehead atoms. The summed E-state index contributed by atoms with van der Waals surface area (Å²) in [5.74, 6) is -0.774. The Morgan fingerprint density at radius 3 is 2.22 bits per heavy atom. The van der Waals surface area contributed by atoms with Crippen molar-refractivity contribution in [2.75, 3.05) is 24.3 Å². The van der Waals surface area contributed by atoms with Crippen LogP contribution >= 0.6 is 0 Å². The number of methoxy groups -OCH3 is 1. The molecule has 0 aliphatic carbocycles. The van der Waals surface area contributed by atoms with Crippen molar-refractivity contribution in [1.82, 2.24) is 0 Å². The standard InChI is InChI=1S/C18H18N2O3/c1-23-18(22)14-10-17(21)20(11-14)16-8-4-13(5-9-16)12-2-6-15(19)7-3-12/h2-9,14H,10-11,19H2,1H3. The predicted octanol–water partition coefficient (Wildman–Crippen LogP) is 2.46. The van der Waals surface area contributed by atoms with E-state index in [1.54, 1.807) is 4.90 Å². The van der Waals surface area contributed by atoms with Gasteiger partial charge in [-0.3, -0.25) is 9.59 Å². The molecule has 5 heteroatoms. The molecule has 1 atom stereocenters. The first-order valence-corrected chi connectivity index (χ1v) is 7.42. The van der Waals surface area contributed by atoms with Crippen LogP contribution in [0.3, 0.4) is 0 Å². The molecule has 118 valence electrons. The topological polar surface area (TPSA) is 72.6 Å². The Labute approximate surface area is 134 Å². The first kappa shape index (κ1) is 15.1. The maximum Gasteiger partial charge on any atom is 0.311 e. The van der Waals surface area contributed by atoms with Crippen LogP contribution in [0.1, 0.15) is 6.42 Å². The van der Waals surface area contributed by atoms with E-state index in [-0.39, 0.29) is 24.2 Å². The zero-order valence-corrected chi connectivity index (χ0v) is 12.9. The molecule has 1 unspecified atom stereocenters. The van der Waals surface area contributed by atoms with E-state index >= 15 is 0 Å². The third-order valence-corrected chi connectivity index (χ3v) is 4.08. The number of amides is 1. The van der Waals surface area contributed by atoms with Crippen LogP contribution in [-0.2, 0) is 14.3 Å². The van der Waals surface area contributed by atoms with Gasteiger partial charge in [-0.2, -0.15) is 0 Å². The molecule has 1 heterocycles. The van der Waals surface area contributed by atoms with Crippen molar-refractivity contribution < 1.29 is 14.3 Å². The lowest BCUT2D eigenvalue weighted by atomic mass is 10.0. The van der Waals surface area contributed by atoms with Crippen LogP contribution in [0.4, 0.5) is 11.4 Å². The van der Waals surface area contributed by atoms with E-state index in [0.29, 0.717) is 6.54 Å². The minimum atomic E-state index is -0.385. The number of ether oxygens (including phenoxy) is 1. The number of rotatable bonds is 3. The van der Waals surface area contributed by atoms with Gasteiger partial charge in [0.15, 0.2) is 0 Å². The Balaban J connectivity index is 1.78. The fourth-order valence-electron chi connectivity index (χ4n) is 2.79. The van der Waals surface area contributed by atoms with Crippen LogP contribution in [0.25, 0.3) is 11.1 Å². The molecule has 3 rings (SSSR count). The fraction of sp³-hybridized carbons (Fsp3) is 0.222. The van der Waals surface area contributed by atoms with Gasteiger partial charge in [-0.05, 0) is 35.4 Å². The molecule has 23 heavy (non-hydrogen) atoms. The Morgan fingerprint density at radius 2 is 1.65 bits per heavy atom. The molecule has 1 fully saturated rings. The highest BCUT2D eigenvalue weighted by molar-refractivity contribution is 5.99. The summed E-state index contributed by atoms with van der Waals surface area (Å²) < 4.78 is 4.73. The Kier molecular flexibility index (Phi) is 4.02. The highest BCUT2D eigenvalue weighted by atomic mass is 16.5. The normalized spacial score (nSPS) is 17.3. The lowest BCUT2D eigenvalue weighted by Gasteiger charge is -2.17. The van der Waals surface area contributed by atoms with Gasteiger partial charge in [-0.25, -0.2) is 0 Å². The van der Waals surface area contributed by atoms with Crippen molar-refractivity contribution in [2.24, 2.45) is 5.92 Å². The smallest absolute Gasteiger partial charge is 0.311 e. The van der Waals surface area contributed by atoms with Gasteiger partial charge in [0, 0.05) is 24.3 Å². The van der Waals surface area contributed by atoms with E-state index < -0.39 is 0 Å². The van der Waals surface area contributed by atoms with Gasteiger partial charge in [0.1, 0.15) is 0 Å². The van der Waals surface area contributed by atoms with Crippen molar-refractivity contribution in [3.05, 3.63) is 48.5 Å². The second-order valence-electron chi connectivity index (χ2n) is 5.60. The van der Waals surface area contributed by atoms with E-state index in [1.165, 1.54) is 7.11 Å². The molecule has 1 aliphatic heterocycles. The molecular formula is C18H18N2O3.